The third-order valence-electron chi connectivity index (χ3n) is 5.08. The van der Waals surface area contributed by atoms with Crippen molar-refractivity contribution in [3.63, 3.8) is 0 Å². The average Bonchev–Trinajstić information content (AvgIpc) is 2.78. The van der Waals surface area contributed by atoms with Gasteiger partial charge in [0.15, 0.2) is 6.10 Å². The lowest BCUT2D eigenvalue weighted by atomic mass is 10.1. The Morgan fingerprint density at radius 1 is 0.935 bits per heavy atom. The standard InChI is InChI=1S/C20H36N2O9/c1-25-13-14-28-16-18(23)30-11-7-22-6-10-29-17(15-22)19(26-2)20(24)31-12-5-21-3-8-27-9-4-21/h17,19H,3-16H2,1-2H3. The highest BCUT2D eigenvalue weighted by Crippen LogP contribution is 2.13. The lowest BCUT2D eigenvalue weighted by Gasteiger charge is -2.35. The highest BCUT2D eigenvalue weighted by Gasteiger charge is 2.34. The number of nitrogens with zero attached hydrogens (tertiary/aromatic N) is 2. The Kier molecular flexibility index (Phi) is 12.9. The van der Waals surface area contributed by atoms with Crippen LogP contribution in [-0.4, -0.2) is 140 Å². The van der Waals surface area contributed by atoms with E-state index in [1.54, 1.807) is 7.11 Å². The molecule has 2 unspecified atom stereocenters. The first kappa shape index (κ1) is 25.9. The van der Waals surface area contributed by atoms with E-state index in [9.17, 15) is 9.59 Å². The Bertz CT molecular complexity index is 517. The first-order valence-corrected chi connectivity index (χ1v) is 10.7. The quantitative estimate of drug-likeness (QED) is 0.236. The zero-order chi connectivity index (χ0) is 22.3. The summed E-state index contributed by atoms with van der Waals surface area (Å²) >= 11 is 0. The predicted octanol–water partition coefficient (Wildman–Crippen LogP) is -1.22. The van der Waals surface area contributed by atoms with Crippen LogP contribution in [0, 0.1) is 0 Å². The second kappa shape index (κ2) is 15.5. The summed E-state index contributed by atoms with van der Waals surface area (Å²) in [6.45, 7) is 7.14. The SMILES string of the molecule is COCCOCC(=O)OCCN1CCOC(C(OC)C(=O)OCCN2CCOCC2)C1. The summed E-state index contributed by atoms with van der Waals surface area (Å²) in [4.78, 5) is 28.4. The second-order valence-electron chi connectivity index (χ2n) is 7.25. The summed E-state index contributed by atoms with van der Waals surface area (Å²) in [5, 5.41) is 0. The van der Waals surface area contributed by atoms with Crippen molar-refractivity contribution in [2.75, 3.05) is 106 Å². The first-order valence-electron chi connectivity index (χ1n) is 10.7. The van der Waals surface area contributed by atoms with E-state index in [1.165, 1.54) is 7.11 Å². The molecule has 2 saturated heterocycles. The lowest BCUT2D eigenvalue weighted by Crippen LogP contribution is -2.52. The van der Waals surface area contributed by atoms with Crippen molar-refractivity contribution in [3.05, 3.63) is 0 Å². The molecular weight excluding hydrogens is 412 g/mol. The number of ether oxygens (including phenoxy) is 7. The van der Waals surface area contributed by atoms with Crippen LogP contribution in [-0.2, 0) is 42.7 Å². The Morgan fingerprint density at radius 2 is 1.65 bits per heavy atom. The predicted molar refractivity (Wildman–Crippen MR) is 109 cm³/mol. The normalized spacial score (nSPS) is 21.5. The zero-order valence-electron chi connectivity index (χ0n) is 18.6. The van der Waals surface area contributed by atoms with Gasteiger partial charge in [-0.25, -0.2) is 9.59 Å². The Labute approximate surface area is 183 Å². The number of rotatable bonds is 14. The summed E-state index contributed by atoms with van der Waals surface area (Å²) in [6, 6.07) is 0. The van der Waals surface area contributed by atoms with Crippen LogP contribution in [0.3, 0.4) is 0 Å². The van der Waals surface area contributed by atoms with Gasteiger partial charge in [0, 0.05) is 53.5 Å². The smallest absolute Gasteiger partial charge is 0.338 e. The van der Waals surface area contributed by atoms with E-state index in [4.69, 9.17) is 33.2 Å². The van der Waals surface area contributed by atoms with E-state index in [2.05, 4.69) is 9.80 Å². The molecule has 2 heterocycles. The van der Waals surface area contributed by atoms with E-state index in [-0.39, 0.29) is 13.2 Å². The maximum atomic E-state index is 12.5. The monoisotopic (exact) mass is 448 g/mol. The fraction of sp³-hybridized carbons (Fsp3) is 0.900. The fourth-order valence-electron chi connectivity index (χ4n) is 3.33. The van der Waals surface area contributed by atoms with Gasteiger partial charge >= 0.3 is 11.9 Å². The average molecular weight is 449 g/mol. The van der Waals surface area contributed by atoms with Gasteiger partial charge in [0.1, 0.15) is 25.9 Å². The summed E-state index contributed by atoms with van der Waals surface area (Å²) < 4.78 is 37.0. The number of morpholine rings is 2. The molecule has 0 N–H and O–H groups in total. The molecule has 0 amide bonds. The molecule has 31 heavy (non-hydrogen) atoms. The highest BCUT2D eigenvalue weighted by atomic mass is 16.6. The van der Waals surface area contributed by atoms with E-state index in [1.807, 2.05) is 0 Å². The molecule has 0 spiro atoms. The minimum atomic E-state index is -0.802. The number of hydrogen-bond donors (Lipinski definition) is 0. The van der Waals surface area contributed by atoms with Gasteiger partial charge in [0.25, 0.3) is 0 Å². The topological polar surface area (TPSA) is 105 Å². The van der Waals surface area contributed by atoms with Crippen molar-refractivity contribution in [3.8, 4) is 0 Å². The van der Waals surface area contributed by atoms with Crippen LogP contribution in [0.25, 0.3) is 0 Å². The lowest BCUT2D eigenvalue weighted by molar-refractivity contribution is -0.171. The molecule has 11 nitrogen and oxygen atoms in total. The molecular formula is C20H36N2O9. The van der Waals surface area contributed by atoms with Crippen molar-refractivity contribution in [2.24, 2.45) is 0 Å². The summed E-state index contributed by atoms with van der Waals surface area (Å²) in [5.41, 5.74) is 0. The first-order chi connectivity index (χ1) is 15.1. The maximum Gasteiger partial charge on any atom is 0.338 e. The number of hydrogen-bond acceptors (Lipinski definition) is 11. The van der Waals surface area contributed by atoms with Gasteiger partial charge in [0.05, 0.1) is 33.0 Å². The van der Waals surface area contributed by atoms with Gasteiger partial charge in [-0.2, -0.15) is 0 Å². The molecule has 0 radical (unpaired) electrons. The largest absolute Gasteiger partial charge is 0.463 e. The fourth-order valence-corrected chi connectivity index (χ4v) is 3.33. The van der Waals surface area contributed by atoms with E-state index in [0.717, 1.165) is 13.1 Å². The third-order valence-corrected chi connectivity index (χ3v) is 5.08. The van der Waals surface area contributed by atoms with Gasteiger partial charge < -0.3 is 33.2 Å². The molecule has 180 valence electrons. The van der Waals surface area contributed by atoms with Gasteiger partial charge in [-0.1, -0.05) is 0 Å². The molecule has 2 fully saturated rings. The van der Waals surface area contributed by atoms with E-state index >= 15 is 0 Å². The van der Waals surface area contributed by atoms with Gasteiger partial charge in [-0.3, -0.25) is 9.80 Å². The molecule has 0 saturated carbocycles. The molecule has 0 aliphatic carbocycles. The Morgan fingerprint density at radius 3 is 2.39 bits per heavy atom. The maximum absolute atomic E-state index is 12.5. The zero-order valence-corrected chi connectivity index (χ0v) is 18.6. The number of carbonyl (C=O) groups excluding carboxylic acids is 2. The molecule has 0 aromatic rings. The molecule has 11 heteroatoms. The van der Waals surface area contributed by atoms with Crippen molar-refractivity contribution in [1.82, 2.24) is 9.80 Å². The molecule has 0 aromatic carbocycles. The number of esters is 2. The van der Waals surface area contributed by atoms with Gasteiger partial charge in [0.2, 0.25) is 0 Å². The van der Waals surface area contributed by atoms with Crippen LogP contribution in [0.15, 0.2) is 0 Å². The van der Waals surface area contributed by atoms with Crippen molar-refractivity contribution in [2.45, 2.75) is 12.2 Å². The molecule has 0 bridgehead atoms. The molecule has 0 aromatic heterocycles. The number of carbonyl (C=O) groups is 2. The second-order valence-corrected chi connectivity index (χ2v) is 7.25. The highest BCUT2D eigenvalue weighted by molar-refractivity contribution is 5.75. The number of methoxy groups -OCH3 is 2. The molecule has 2 aliphatic heterocycles. The van der Waals surface area contributed by atoms with E-state index in [0.29, 0.717) is 65.8 Å². The molecule has 2 aliphatic rings. The molecule has 2 rings (SSSR count). The van der Waals surface area contributed by atoms with Crippen LogP contribution in [0.4, 0.5) is 0 Å². The Hall–Kier alpha value is -1.34. The summed E-state index contributed by atoms with van der Waals surface area (Å²) in [7, 11) is 3.04. The van der Waals surface area contributed by atoms with Gasteiger partial charge in [-0.05, 0) is 0 Å². The summed E-state index contributed by atoms with van der Waals surface area (Å²) in [5.74, 6) is -0.846. The third kappa shape index (κ3) is 10.2. The van der Waals surface area contributed by atoms with Crippen LogP contribution < -0.4 is 0 Å². The van der Waals surface area contributed by atoms with Crippen molar-refractivity contribution < 1.29 is 42.7 Å². The van der Waals surface area contributed by atoms with Crippen LogP contribution in [0.5, 0.6) is 0 Å². The molecule has 2 atom stereocenters. The van der Waals surface area contributed by atoms with Crippen LogP contribution >= 0.6 is 0 Å². The van der Waals surface area contributed by atoms with Crippen molar-refractivity contribution in [1.29, 1.82) is 0 Å². The van der Waals surface area contributed by atoms with Crippen molar-refractivity contribution >= 4 is 11.9 Å². The van der Waals surface area contributed by atoms with Crippen LogP contribution in [0.1, 0.15) is 0 Å². The summed E-state index contributed by atoms with van der Waals surface area (Å²) in [6.07, 6.45) is -1.24. The Balaban J connectivity index is 1.64. The van der Waals surface area contributed by atoms with Crippen LogP contribution in [0.2, 0.25) is 0 Å². The minimum absolute atomic E-state index is 0.100. The minimum Gasteiger partial charge on any atom is -0.463 e. The van der Waals surface area contributed by atoms with Gasteiger partial charge in [-0.15, -0.1) is 0 Å². The van der Waals surface area contributed by atoms with E-state index < -0.39 is 24.1 Å².